The van der Waals surface area contributed by atoms with E-state index in [2.05, 4.69) is 5.32 Å². The summed E-state index contributed by atoms with van der Waals surface area (Å²) in [6.45, 7) is 2.69. The zero-order valence-corrected chi connectivity index (χ0v) is 17.3. The van der Waals surface area contributed by atoms with E-state index in [9.17, 15) is 4.79 Å². The van der Waals surface area contributed by atoms with E-state index in [1.807, 2.05) is 43.3 Å². The van der Waals surface area contributed by atoms with Gasteiger partial charge < -0.3 is 24.3 Å². The highest BCUT2D eigenvalue weighted by atomic mass is 16.5. The SMILES string of the molecule is CCOc1ccc(C(=O)Nc2ccccc2OC)cc1COc1ccc(OC)cc1. The first-order chi connectivity index (χ1) is 14.6. The number of para-hydroxylation sites is 2. The summed E-state index contributed by atoms with van der Waals surface area (Å²) < 4.78 is 22.0. The molecule has 30 heavy (non-hydrogen) atoms. The Morgan fingerprint density at radius 1 is 0.833 bits per heavy atom. The van der Waals surface area contributed by atoms with Crippen molar-refractivity contribution in [1.29, 1.82) is 0 Å². The van der Waals surface area contributed by atoms with Gasteiger partial charge in [0.15, 0.2) is 0 Å². The van der Waals surface area contributed by atoms with E-state index in [4.69, 9.17) is 18.9 Å². The van der Waals surface area contributed by atoms with Gasteiger partial charge in [0.1, 0.15) is 29.6 Å². The zero-order valence-electron chi connectivity index (χ0n) is 17.3. The molecule has 0 unspecified atom stereocenters. The maximum Gasteiger partial charge on any atom is 0.255 e. The molecule has 0 bridgehead atoms. The Hall–Kier alpha value is -3.67. The number of carbonyl (C=O) groups is 1. The fourth-order valence-electron chi connectivity index (χ4n) is 2.91. The lowest BCUT2D eigenvalue weighted by atomic mass is 10.1. The summed E-state index contributed by atoms with van der Waals surface area (Å²) in [5.41, 5.74) is 1.88. The molecule has 0 heterocycles. The van der Waals surface area contributed by atoms with Gasteiger partial charge in [0, 0.05) is 11.1 Å². The summed E-state index contributed by atoms with van der Waals surface area (Å²) in [6, 6.07) is 19.9. The molecule has 0 aliphatic rings. The van der Waals surface area contributed by atoms with E-state index in [1.54, 1.807) is 44.6 Å². The lowest BCUT2D eigenvalue weighted by Crippen LogP contribution is -2.13. The molecule has 156 valence electrons. The molecule has 0 spiro atoms. The van der Waals surface area contributed by atoms with Crippen molar-refractivity contribution in [2.45, 2.75) is 13.5 Å². The quantitative estimate of drug-likeness (QED) is 0.545. The molecule has 3 rings (SSSR count). The van der Waals surface area contributed by atoms with Gasteiger partial charge in [0.05, 0.1) is 26.5 Å². The number of hydrogen-bond donors (Lipinski definition) is 1. The monoisotopic (exact) mass is 407 g/mol. The molecule has 0 aliphatic heterocycles. The van der Waals surface area contributed by atoms with E-state index < -0.39 is 0 Å². The molecule has 0 saturated carbocycles. The van der Waals surface area contributed by atoms with E-state index in [0.717, 1.165) is 11.3 Å². The molecule has 1 amide bonds. The third kappa shape index (κ3) is 5.23. The normalized spacial score (nSPS) is 10.2. The van der Waals surface area contributed by atoms with Crippen molar-refractivity contribution in [3.8, 4) is 23.0 Å². The molecule has 0 saturated heterocycles. The fraction of sp³-hybridized carbons (Fsp3) is 0.208. The topological polar surface area (TPSA) is 66.0 Å². The fourth-order valence-corrected chi connectivity index (χ4v) is 2.91. The standard InChI is InChI=1S/C24H25NO5/c1-4-29-22-14-9-17(24(26)25-21-7-5-6-8-23(21)28-3)15-18(22)16-30-20-12-10-19(27-2)11-13-20/h5-15H,4,16H2,1-3H3,(H,25,26). The number of methoxy groups -OCH3 is 2. The minimum atomic E-state index is -0.242. The number of anilines is 1. The van der Waals surface area contributed by atoms with Gasteiger partial charge in [-0.2, -0.15) is 0 Å². The first-order valence-corrected chi connectivity index (χ1v) is 9.61. The Kier molecular flexibility index (Phi) is 7.16. The number of carbonyl (C=O) groups excluding carboxylic acids is 1. The molecule has 1 N–H and O–H groups in total. The van der Waals surface area contributed by atoms with Crippen LogP contribution >= 0.6 is 0 Å². The molecule has 0 aliphatic carbocycles. The summed E-state index contributed by atoms with van der Waals surface area (Å²) in [4.78, 5) is 12.8. The van der Waals surface area contributed by atoms with Crippen LogP contribution in [0.15, 0.2) is 66.7 Å². The first-order valence-electron chi connectivity index (χ1n) is 9.61. The summed E-state index contributed by atoms with van der Waals surface area (Å²) in [5.74, 6) is 2.49. The molecular weight excluding hydrogens is 382 g/mol. The predicted octanol–water partition coefficient (Wildman–Crippen LogP) is 4.93. The van der Waals surface area contributed by atoms with Crippen LogP contribution in [0.25, 0.3) is 0 Å². The number of nitrogens with one attached hydrogen (secondary N) is 1. The molecule has 0 atom stereocenters. The van der Waals surface area contributed by atoms with E-state index >= 15 is 0 Å². The van der Waals surface area contributed by atoms with Crippen molar-refractivity contribution >= 4 is 11.6 Å². The molecule has 6 nitrogen and oxygen atoms in total. The maximum atomic E-state index is 12.8. The van der Waals surface area contributed by atoms with Gasteiger partial charge in [-0.25, -0.2) is 0 Å². The number of rotatable bonds is 9. The summed E-state index contributed by atoms with van der Waals surface area (Å²) in [5, 5.41) is 2.88. The molecule has 0 fully saturated rings. The van der Waals surface area contributed by atoms with Gasteiger partial charge in [-0.15, -0.1) is 0 Å². The summed E-state index contributed by atoms with van der Waals surface area (Å²) in [6.07, 6.45) is 0. The van der Waals surface area contributed by atoms with Gasteiger partial charge in [-0.05, 0) is 61.5 Å². The third-order valence-electron chi connectivity index (χ3n) is 4.43. The van der Waals surface area contributed by atoms with Gasteiger partial charge in [-0.1, -0.05) is 12.1 Å². The minimum Gasteiger partial charge on any atom is -0.497 e. The van der Waals surface area contributed by atoms with Gasteiger partial charge in [-0.3, -0.25) is 4.79 Å². The molecule has 0 aromatic heterocycles. The number of benzene rings is 3. The lowest BCUT2D eigenvalue weighted by molar-refractivity contribution is 0.102. The number of ether oxygens (including phenoxy) is 4. The second-order valence-corrected chi connectivity index (χ2v) is 6.37. The maximum absolute atomic E-state index is 12.8. The first kappa shape index (κ1) is 21.0. The van der Waals surface area contributed by atoms with Crippen molar-refractivity contribution in [2.75, 3.05) is 26.1 Å². The molecule has 3 aromatic carbocycles. The van der Waals surface area contributed by atoms with Crippen molar-refractivity contribution < 1.29 is 23.7 Å². The Balaban J connectivity index is 1.78. The molecule has 6 heteroatoms. The Morgan fingerprint density at radius 3 is 2.27 bits per heavy atom. The second-order valence-electron chi connectivity index (χ2n) is 6.37. The number of hydrogen-bond acceptors (Lipinski definition) is 5. The van der Waals surface area contributed by atoms with Crippen LogP contribution in [0.3, 0.4) is 0 Å². The van der Waals surface area contributed by atoms with E-state index in [-0.39, 0.29) is 12.5 Å². The summed E-state index contributed by atoms with van der Waals surface area (Å²) in [7, 11) is 3.18. The van der Waals surface area contributed by atoms with Crippen LogP contribution in [-0.4, -0.2) is 26.7 Å². The van der Waals surface area contributed by atoms with Crippen LogP contribution < -0.4 is 24.3 Å². The Bertz CT molecular complexity index is 985. The van der Waals surface area contributed by atoms with Crippen molar-refractivity contribution in [3.05, 3.63) is 77.9 Å². The second kappa shape index (κ2) is 10.2. The third-order valence-corrected chi connectivity index (χ3v) is 4.43. The number of amides is 1. The van der Waals surface area contributed by atoms with Gasteiger partial charge in [0.25, 0.3) is 5.91 Å². The van der Waals surface area contributed by atoms with Crippen LogP contribution in [0.5, 0.6) is 23.0 Å². The van der Waals surface area contributed by atoms with Crippen LogP contribution in [0.2, 0.25) is 0 Å². The van der Waals surface area contributed by atoms with Gasteiger partial charge >= 0.3 is 0 Å². The predicted molar refractivity (Wildman–Crippen MR) is 116 cm³/mol. The van der Waals surface area contributed by atoms with Crippen LogP contribution in [0.4, 0.5) is 5.69 Å². The Labute approximate surface area is 176 Å². The molecular formula is C24H25NO5. The average Bonchev–Trinajstić information content (AvgIpc) is 2.79. The van der Waals surface area contributed by atoms with Crippen LogP contribution in [0, 0.1) is 0 Å². The molecule has 3 aromatic rings. The largest absolute Gasteiger partial charge is 0.497 e. The zero-order chi connectivity index (χ0) is 21.3. The van der Waals surface area contributed by atoms with E-state index in [0.29, 0.717) is 35.1 Å². The van der Waals surface area contributed by atoms with Crippen molar-refractivity contribution in [3.63, 3.8) is 0 Å². The Morgan fingerprint density at radius 2 is 1.57 bits per heavy atom. The minimum absolute atomic E-state index is 0.242. The van der Waals surface area contributed by atoms with E-state index in [1.165, 1.54) is 0 Å². The van der Waals surface area contributed by atoms with Crippen molar-refractivity contribution in [2.24, 2.45) is 0 Å². The highest BCUT2D eigenvalue weighted by Crippen LogP contribution is 2.26. The average molecular weight is 407 g/mol. The smallest absolute Gasteiger partial charge is 0.255 e. The highest BCUT2D eigenvalue weighted by molar-refractivity contribution is 6.05. The van der Waals surface area contributed by atoms with Crippen molar-refractivity contribution in [1.82, 2.24) is 0 Å². The van der Waals surface area contributed by atoms with Crippen LogP contribution in [-0.2, 0) is 6.61 Å². The summed E-state index contributed by atoms with van der Waals surface area (Å²) >= 11 is 0. The lowest BCUT2D eigenvalue weighted by Gasteiger charge is -2.14. The van der Waals surface area contributed by atoms with Gasteiger partial charge in [0.2, 0.25) is 0 Å². The molecule has 0 radical (unpaired) electrons. The van der Waals surface area contributed by atoms with Crippen LogP contribution in [0.1, 0.15) is 22.8 Å². The highest BCUT2D eigenvalue weighted by Gasteiger charge is 2.13.